The van der Waals surface area contributed by atoms with Gasteiger partial charge in [0.25, 0.3) is 0 Å². The molecule has 1 heterocycles. The number of fused-ring (bicyclic) bond motifs is 1. The van der Waals surface area contributed by atoms with Crippen LogP contribution >= 0.6 is 11.6 Å². The van der Waals surface area contributed by atoms with E-state index in [0.29, 0.717) is 13.0 Å². The Morgan fingerprint density at radius 2 is 2.25 bits per heavy atom. The van der Waals surface area contributed by atoms with Gasteiger partial charge in [-0.2, -0.15) is 0 Å². The van der Waals surface area contributed by atoms with E-state index in [-0.39, 0.29) is 5.91 Å². The summed E-state index contributed by atoms with van der Waals surface area (Å²) >= 11 is 6.13. The maximum absolute atomic E-state index is 11.2. The minimum Gasteiger partial charge on any atom is -0.359 e. The predicted octanol–water partition coefficient (Wildman–Crippen LogP) is 2.43. The SMILES string of the molecule is CNC(=O)CCn1ccc2cccc(Cl)c21. The van der Waals surface area contributed by atoms with Crippen LogP contribution in [-0.2, 0) is 11.3 Å². The lowest BCUT2D eigenvalue weighted by atomic mass is 10.2. The van der Waals surface area contributed by atoms with Gasteiger partial charge in [-0.3, -0.25) is 4.79 Å². The Balaban J connectivity index is 2.28. The quantitative estimate of drug-likeness (QED) is 0.873. The highest BCUT2D eigenvalue weighted by molar-refractivity contribution is 6.35. The number of amides is 1. The summed E-state index contributed by atoms with van der Waals surface area (Å²) in [5, 5.41) is 4.43. The predicted molar refractivity (Wildman–Crippen MR) is 65.6 cm³/mol. The molecule has 0 aliphatic carbocycles. The molecular weight excluding hydrogens is 224 g/mol. The van der Waals surface area contributed by atoms with Crippen molar-refractivity contribution in [3.63, 3.8) is 0 Å². The molecule has 0 radical (unpaired) electrons. The first kappa shape index (κ1) is 11.0. The number of halogens is 1. The van der Waals surface area contributed by atoms with Crippen molar-refractivity contribution in [2.75, 3.05) is 7.05 Å². The Bertz CT molecular complexity index is 519. The summed E-state index contributed by atoms with van der Waals surface area (Å²) in [6.07, 6.45) is 2.42. The average Bonchev–Trinajstić information content (AvgIpc) is 2.70. The molecule has 2 aromatic rings. The van der Waals surface area contributed by atoms with Gasteiger partial charge in [0, 0.05) is 31.6 Å². The maximum atomic E-state index is 11.2. The number of nitrogens with zero attached hydrogens (tertiary/aromatic N) is 1. The number of rotatable bonds is 3. The van der Waals surface area contributed by atoms with Gasteiger partial charge >= 0.3 is 0 Å². The lowest BCUT2D eigenvalue weighted by molar-refractivity contribution is -0.120. The van der Waals surface area contributed by atoms with E-state index in [1.165, 1.54) is 0 Å². The van der Waals surface area contributed by atoms with Crippen molar-refractivity contribution in [2.24, 2.45) is 0 Å². The molecule has 0 unspecified atom stereocenters. The number of carbonyl (C=O) groups is 1. The molecule has 0 fully saturated rings. The number of aromatic nitrogens is 1. The number of para-hydroxylation sites is 1. The van der Waals surface area contributed by atoms with Gasteiger partial charge in [-0.1, -0.05) is 23.7 Å². The Kier molecular flexibility index (Phi) is 3.15. The van der Waals surface area contributed by atoms with Crippen LogP contribution in [0.15, 0.2) is 30.5 Å². The normalized spacial score (nSPS) is 10.6. The molecule has 0 aliphatic heterocycles. The zero-order valence-corrected chi connectivity index (χ0v) is 9.79. The molecule has 1 N–H and O–H groups in total. The molecule has 2 rings (SSSR count). The standard InChI is InChI=1S/C12H13ClN2O/c1-14-11(16)6-8-15-7-5-9-3-2-4-10(13)12(9)15/h2-5,7H,6,8H2,1H3,(H,14,16). The summed E-state index contributed by atoms with van der Waals surface area (Å²) < 4.78 is 2.01. The van der Waals surface area contributed by atoms with Crippen LogP contribution in [0.2, 0.25) is 5.02 Å². The molecule has 0 bridgehead atoms. The number of hydrogen-bond donors (Lipinski definition) is 1. The monoisotopic (exact) mass is 236 g/mol. The molecule has 0 atom stereocenters. The topological polar surface area (TPSA) is 34.0 Å². The molecule has 0 spiro atoms. The molecule has 0 aliphatic rings. The smallest absolute Gasteiger partial charge is 0.221 e. The molecule has 3 nitrogen and oxygen atoms in total. The first-order valence-corrected chi connectivity index (χ1v) is 5.54. The Morgan fingerprint density at radius 3 is 3.00 bits per heavy atom. The van der Waals surface area contributed by atoms with Crippen molar-refractivity contribution in [3.05, 3.63) is 35.5 Å². The molecule has 84 valence electrons. The lowest BCUT2D eigenvalue weighted by Crippen LogP contribution is -2.19. The molecule has 1 aromatic heterocycles. The molecule has 4 heteroatoms. The average molecular weight is 237 g/mol. The summed E-state index contributed by atoms with van der Waals surface area (Å²) in [6.45, 7) is 0.646. The second-order valence-electron chi connectivity index (χ2n) is 3.61. The largest absolute Gasteiger partial charge is 0.359 e. The second kappa shape index (κ2) is 4.58. The summed E-state index contributed by atoms with van der Waals surface area (Å²) in [6, 6.07) is 7.80. The molecule has 0 saturated heterocycles. The van der Waals surface area contributed by atoms with Crippen molar-refractivity contribution < 1.29 is 4.79 Å². The third-order valence-corrected chi connectivity index (χ3v) is 2.90. The van der Waals surface area contributed by atoms with Crippen LogP contribution in [0.3, 0.4) is 0 Å². The molecule has 16 heavy (non-hydrogen) atoms. The van der Waals surface area contributed by atoms with Gasteiger partial charge in [-0.25, -0.2) is 0 Å². The van der Waals surface area contributed by atoms with Gasteiger partial charge in [0.2, 0.25) is 5.91 Å². The maximum Gasteiger partial charge on any atom is 0.221 e. The highest BCUT2D eigenvalue weighted by Gasteiger charge is 2.06. The van der Waals surface area contributed by atoms with Gasteiger partial charge in [-0.15, -0.1) is 0 Å². The second-order valence-corrected chi connectivity index (χ2v) is 4.02. The van der Waals surface area contributed by atoms with Crippen molar-refractivity contribution in [2.45, 2.75) is 13.0 Å². The number of aryl methyl sites for hydroxylation is 1. The minimum absolute atomic E-state index is 0.0360. The number of benzene rings is 1. The van der Waals surface area contributed by atoms with E-state index in [4.69, 9.17) is 11.6 Å². The zero-order valence-electron chi connectivity index (χ0n) is 9.03. The van der Waals surface area contributed by atoms with E-state index in [1.54, 1.807) is 7.05 Å². The van der Waals surface area contributed by atoms with Crippen molar-refractivity contribution in [1.29, 1.82) is 0 Å². The van der Waals surface area contributed by atoms with Crippen LogP contribution in [0.5, 0.6) is 0 Å². The molecule has 1 amide bonds. The summed E-state index contributed by atoms with van der Waals surface area (Å²) in [5.74, 6) is 0.0360. The van der Waals surface area contributed by atoms with E-state index in [0.717, 1.165) is 15.9 Å². The third-order valence-electron chi connectivity index (χ3n) is 2.60. The van der Waals surface area contributed by atoms with E-state index < -0.39 is 0 Å². The van der Waals surface area contributed by atoms with Crippen LogP contribution in [0.4, 0.5) is 0 Å². The van der Waals surface area contributed by atoms with E-state index in [9.17, 15) is 4.79 Å². The minimum atomic E-state index is 0.0360. The summed E-state index contributed by atoms with van der Waals surface area (Å²) in [7, 11) is 1.64. The molecule has 0 saturated carbocycles. The lowest BCUT2D eigenvalue weighted by Gasteiger charge is -2.05. The van der Waals surface area contributed by atoms with Crippen molar-refractivity contribution in [1.82, 2.24) is 9.88 Å². The van der Waals surface area contributed by atoms with E-state index in [2.05, 4.69) is 5.32 Å². The summed E-state index contributed by atoms with van der Waals surface area (Å²) in [5.41, 5.74) is 0.994. The van der Waals surface area contributed by atoms with Crippen molar-refractivity contribution >= 4 is 28.4 Å². The zero-order chi connectivity index (χ0) is 11.5. The van der Waals surface area contributed by atoms with Crippen molar-refractivity contribution in [3.8, 4) is 0 Å². The van der Waals surface area contributed by atoms with Gasteiger partial charge in [0.1, 0.15) is 0 Å². The van der Waals surface area contributed by atoms with Gasteiger partial charge < -0.3 is 9.88 Å². The first-order chi connectivity index (χ1) is 7.72. The number of carbonyl (C=O) groups excluding carboxylic acids is 1. The van der Waals surface area contributed by atoms with Crippen LogP contribution in [-0.4, -0.2) is 17.5 Å². The van der Waals surface area contributed by atoms with Crippen LogP contribution in [0.25, 0.3) is 10.9 Å². The Labute approximate surface area is 99.0 Å². The van der Waals surface area contributed by atoms with Crippen LogP contribution in [0.1, 0.15) is 6.42 Å². The number of hydrogen-bond acceptors (Lipinski definition) is 1. The fraction of sp³-hybridized carbons (Fsp3) is 0.250. The number of nitrogens with one attached hydrogen (secondary N) is 1. The third kappa shape index (κ3) is 2.04. The van der Waals surface area contributed by atoms with Gasteiger partial charge in [-0.05, 0) is 12.1 Å². The fourth-order valence-electron chi connectivity index (χ4n) is 1.75. The fourth-order valence-corrected chi connectivity index (χ4v) is 2.04. The first-order valence-electron chi connectivity index (χ1n) is 5.16. The summed E-state index contributed by atoms with van der Waals surface area (Å²) in [4.78, 5) is 11.2. The Hall–Kier alpha value is -1.48. The van der Waals surface area contributed by atoms with Gasteiger partial charge in [0.15, 0.2) is 0 Å². The van der Waals surface area contributed by atoms with Crippen LogP contribution < -0.4 is 5.32 Å². The highest BCUT2D eigenvalue weighted by Crippen LogP contribution is 2.24. The van der Waals surface area contributed by atoms with Gasteiger partial charge in [0.05, 0.1) is 10.5 Å². The molecule has 1 aromatic carbocycles. The van der Waals surface area contributed by atoms with Crippen LogP contribution in [0, 0.1) is 0 Å². The van der Waals surface area contributed by atoms with E-state index in [1.807, 2.05) is 35.0 Å². The molecular formula is C12H13ClN2O. The Morgan fingerprint density at radius 1 is 1.44 bits per heavy atom. The highest BCUT2D eigenvalue weighted by atomic mass is 35.5. The van der Waals surface area contributed by atoms with E-state index >= 15 is 0 Å².